The van der Waals surface area contributed by atoms with Crippen LogP contribution in [0.5, 0.6) is 0 Å². The minimum atomic E-state index is -0.275. The highest BCUT2D eigenvalue weighted by Crippen LogP contribution is 2.31. The Morgan fingerprint density at radius 3 is 2.52 bits per heavy atom. The summed E-state index contributed by atoms with van der Waals surface area (Å²) in [4.78, 5) is 12.4. The first-order chi connectivity index (χ1) is 12.1. The number of rotatable bonds is 7. The van der Waals surface area contributed by atoms with Crippen LogP contribution in [0.4, 0.5) is 4.39 Å². The van der Waals surface area contributed by atoms with Gasteiger partial charge in [-0.25, -0.2) is 4.39 Å². The Hall–Kier alpha value is -2.20. The summed E-state index contributed by atoms with van der Waals surface area (Å²) < 4.78 is 13.2. The van der Waals surface area contributed by atoms with Crippen LogP contribution in [0.1, 0.15) is 30.4 Å². The third-order valence-electron chi connectivity index (χ3n) is 4.89. The predicted molar refractivity (Wildman–Crippen MR) is 95.5 cm³/mol. The van der Waals surface area contributed by atoms with Crippen molar-refractivity contribution >= 4 is 5.91 Å². The molecule has 0 saturated heterocycles. The molecule has 3 rings (SSSR count). The molecule has 2 aromatic rings. The number of nitrogens with one attached hydrogen (secondary N) is 1. The zero-order valence-electron chi connectivity index (χ0n) is 14.2. The summed E-state index contributed by atoms with van der Waals surface area (Å²) >= 11 is 0. The van der Waals surface area contributed by atoms with Gasteiger partial charge in [-0.15, -0.1) is 0 Å². The zero-order chi connectivity index (χ0) is 17.6. The first-order valence-electron chi connectivity index (χ1n) is 8.86. The molecular formula is C21H24FNO2. The van der Waals surface area contributed by atoms with E-state index in [4.69, 9.17) is 0 Å². The molecule has 1 fully saturated rings. The molecule has 0 unspecified atom stereocenters. The number of amides is 1. The van der Waals surface area contributed by atoms with Crippen LogP contribution in [0.2, 0.25) is 0 Å². The molecular weight excluding hydrogens is 317 g/mol. The van der Waals surface area contributed by atoms with E-state index in [-0.39, 0.29) is 23.9 Å². The SMILES string of the molecule is O=C(CCc1cccc(F)c1)N[C@@H](Cc1ccccc1)C1CC(O)C1. The fraction of sp³-hybridized carbons (Fsp3) is 0.381. The summed E-state index contributed by atoms with van der Waals surface area (Å²) in [6.07, 6.45) is 2.86. The van der Waals surface area contributed by atoms with E-state index in [0.29, 0.717) is 18.8 Å². The first-order valence-corrected chi connectivity index (χ1v) is 8.86. The van der Waals surface area contributed by atoms with Gasteiger partial charge in [0.05, 0.1) is 6.10 Å². The third-order valence-corrected chi connectivity index (χ3v) is 4.89. The minimum Gasteiger partial charge on any atom is -0.393 e. The van der Waals surface area contributed by atoms with Gasteiger partial charge in [0, 0.05) is 12.5 Å². The molecule has 1 aliphatic carbocycles. The highest BCUT2D eigenvalue weighted by molar-refractivity contribution is 5.76. The highest BCUT2D eigenvalue weighted by atomic mass is 19.1. The van der Waals surface area contributed by atoms with Crippen LogP contribution in [-0.2, 0) is 17.6 Å². The van der Waals surface area contributed by atoms with Crippen molar-refractivity contribution in [1.82, 2.24) is 5.32 Å². The Bertz CT molecular complexity index is 698. The molecule has 2 aromatic carbocycles. The number of carbonyl (C=O) groups excluding carboxylic acids is 1. The topological polar surface area (TPSA) is 49.3 Å². The molecule has 0 heterocycles. The van der Waals surface area contributed by atoms with Crippen LogP contribution < -0.4 is 5.32 Å². The van der Waals surface area contributed by atoms with Gasteiger partial charge in [-0.1, -0.05) is 42.5 Å². The molecule has 1 atom stereocenters. The molecule has 132 valence electrons. The van der Waals surface area contributed by atoms with E-state index in [9.17, 15) is 14.3 Å². The minimum absolute atomic E-state index is 0.0217. The van der Waals surface area contributed by atoms with Crippen molar-refractivity contribution in [2.45, 2.75) is 44.2 Å². The summed E-state index contributed by atoms with van der Waals surface area (Å²) in [6.45, 7) is 0. The van der Waals surface area contributed by atoms with Crippen LogP contribution in [0.25, 0.3) is 0 Å². The van der Waals surface area contributed by atoms with E-state index in [2.05, 4.69) is 17.4 Å². The number of aliphatic hydroxyl groups is 1. The van der Waals surface area contributed by atoms with E-state index in [1.807, 2.05) is 24.3 Å². The fourth-order valence-corrected chi connectivity index (χ4v) is 3.39. The maximum Gasteiger partial charge on any atom is 0.220 e. The second-order valence-corrected chi connectivity index (χ2v) is 6.88. The van der Waals surface area contributed by atoms with Gasteiger partial charge in [0.15, 0.2) is 0 Å². The van der Waals surface area contributed by atoms with E-state index in [1.165, 1.54) is 17.7 Å². The van der Waals surface area contributed by atoms with Crippen LogP contribution in [0.3, 0.4) is 0 Å². The van der Waals surface area contributed by atoms with Gasteiger partial charge in [0.2, 0.25) is 5.91 Å². The molecule has 0 aliphatic heterocycles. The second kappa shape index (κ2) is 8.26. The van der Waals surface area contributed by atoms with Crippen molar-refractivity contribution in [3.63, 3.8) is 0 Å². The predicted octanol–water partition coefficient (Wildman–Crippen LogP) is 3.26. The van der Waals surface area contributed by atoms with E-state index in [0.717, 1.165) is 24.8 Å². The Kier molecular flexibility index (Phi) is 5.82. The quantitative estimate of drug-likeness (QED) is 0.812. The van der Waals surface area contributed by atoms with Gasteiger partial charge in [-0.2, -0.15) is 0 Å². The number of halogens is 1. The molecule has 0 radical (unpaired) electrons. The number of benzene rings is 2. The van der Waals surface area contributed by atoms with E-state index in [1.54, 1.807) is 6.07 Å². The highest BCUT2D eigenvalue weighted by Gasteiger charge is 2.34. The molecule has 1 saturated carbocycles. The summed E-state index contributed by atoms with van der Waals surface area (Å²) in [5, 5.41) is 12.7. The summed E-state index contributed by atoms with van der Waals surface area (Å²) in [5.41, 5.74) is 2.01. The zero-order valence-corrected chi connectivity index (χ0v) is 14.2. The molecule has 25 heavy (non-hydrogen) atoms. The van der Waals surface area contributed by atoms with Crippen LogP contribution in [0.15, 0.2) is 54.6 Å². The summed E-state index contributed by atoms with van der Waals surface area (Å²) in [5.74, 6) is 0.0169. The molecule has 4 heteroatoms. The maximum absolute atomic E-state index is 13.2. The monoisotopic (exact) mass is 341 g/mol. The molecule has 3 nitrogen and oxygen atoms in total. The molecule has 1 aliphatic rings. The van der Waals surface area contributed by atoms with E-state index >= 15 is 0 Å². The van der Waals surface area contributed by atoms with Gasteiger partial charge >= 0.3 is 0 Å². The van der Waals surface area contributed by atoms with E-state index < -0.39 is 0 Å². The maximum atomic E-state index is 13.2. The average molecular weight is 341 g/mol. The number of hydrogen-bond acceptors (Lipinski definition) is 2. The number of carbonyl (C=O) groups is 1. The van der Waals surface area contributed by atoms with Gasteiger partial charge in [-0.3, -0.25) is 4.79 Å². The van der Waals surface area contributed by atoms with Gasteiger partial charge in [0.1, 0.15) is 5.82 Å². The molecule has 1 amide bonds. The van der Waals surface area contributed by atoms with Crippen LogP contribution in [-0.4, -0.2) is 23.2 Å². The van der Waals surface area contributed by atoms with Gasteiger partial charge in [-0.05, 0) is 54.9 Å². The first kappa shape index (κ1) is 17.6. The Morgan fingerprint density at radius 2 is 1.84 bits per heavy atom. The average Bonchev–Trinajstić information content (AvgIpc) is 2.58. The number of hydrogen-bond donors (Lipinski definition) is 2. The summed E-state index contributed by atoms with van der Waals surface area (Å²) in [7, 11) is 0. The lowest BCUT2D eigenvalue weighted by Gasteiger charge is -2.38. The molecule has 0 bridgehead atoms. The Balaban J connectivity index is 1.56. The second-order valence-electron chi connectivity index (χ2n) is 6.88. The van der Waals surface area contributed by atoms with Crippen molar-refractivity contribution < 1.29 is 14.3 Å². The van der Waals surface area contributed by atoms with Gasteiger partial charge in [0.25, 0.3) is 0 Å². The fourth-order valence-electron chi connectivity index (χ4n) is 3.39. The smallest absolute Gasteiger partial charge is 0.220 e. The lowest BCUT2D eigenvalue weighted by molar-refractivity contribution is -0.122. The largest absolute Gasteiger partial charge is 0.393 e. The van der Waals surface area contributed by atoms with Crippen molar-refractivity contribution in [1.29, 1.82) is 0 Å². The molecule has 0 spiro atoms. The lowest BCUT2D eigenvalue weighted by Crippen LogP contribution is -2.48. The van der Waals surface area contributed by atoms with Crippen molar-refractivity contribution in [2.75, 3.05) is 0 Å². The van der Waals surface area contributed by atoms with Crippen molar-refractivity contribution in [3.8, 4) is 0 Å². The van der Waals surface area contributed by atoms with Crippen LogP contribution >= 0.6 is 0 Å². The van der Waals surface area contributed by atoms with Crippen LogP contribution in [0, 0.1) is 11.7 Å². The number of aryl methyl sites for hydroxylation is 1. The number of aliphatic hydroxyl groups excluding tert-OH is 1. The Morgan fingerprint density at radius 1 is 1.12 bits per heavy atom. The summed E-state index contributed by atoms with van der Waals surface area (Å²) in [6, 6.07) is 16.5. The normalized spacial score (nSPS) is 20.6. The van der Waals surface area contributed by atoms with Crippen molar-refractivity contribution in [3.05, 3.63) is 71.5 Å². The third kappa shape index (κ3) is 5.13. The Labute approximate surface area is 147 Å². The molecule has 2 N–H and O–H groups in total. The standard InChI is InChI=1S/C21H24FNO2/c22-18-8-4-7-16(11-18)9-10-21(25)23-20(17-13-19(24)14-17)12-15-5-2-1-3-6-15/h1-8,11,17,19-20,24H,9-10,12-14H2,(H,23,25)/t17?,19?,20-/m0/s1. The lowest BCUT2D eigenvalue weighted by atomic mass is 9.75. The molecule has 0 aromatic heterocycles. The van der Waals surface area contributed by atoms with Crippen molar-refractivity contribution in [2.24, 2.45) is 5.92 Å². The van der Waals surface area contributed by atoms with Gasteiger partial charge < -0.3 is 10.4 Å².